The molecule has 15 heavy (non-hydrogen) atoms. The number of benzene rings is 1. The van der Waals surface area contributed by atoms with Crippen LogP contribution < -0.4 is 5.32 Å². The van der Waals surface area contributed by atoms with Gasteiger partial charge in [0.15, 0.2) is 5.82 Å². The van der Waals surface area contributed by atoms with Crippen LogP contribution in [0.1, 0.15) is 11.4 Å². The van der Waals surface area contributed by atoms with Crippen molar-refractivity contribution in [2.24, 2.45) is 0 Å². The molecule has 74 valence electrons. The Morgan fingerprint density at radius 2 is 2.20 bits per heavy atom. The summed E-state index contributed by atoms with van der Waals surface area (Å²) in [4.78, 5) is 0.760. The van der Waals surface area contributed by atoms with Crippen molar-refractivity contribution in [2.45, 2.75) is 6.54 Å². The van der Waals surface area contributed by atoms with Crippen molar-refractivity contribution in [3.63, 3.8) is 0 Å². The molecule has 0 aliphatic carbocycles. The van der Waals surface area contributed by atoms with Gasteiger partial charge in [-0.25, -0.2) is 0 Å². The average Bonchev–Trinajstić information content (AvgIpc) is 2.69. The number of nitrogens with zero attached hydrogens (tertiary/aromatic N) is 3. The lowest BCUT2D eigenvalue weighted by molar-refractivity contribution is 0.813. The first kappa shape index (κ1) is 8.55. The van der Waals surface area contributed by atoms with Gasteiger partial charge in [0.1, 0.15) is 11.3 Å². The minimum atomic E-state index is 0.619. The number of para-hydroxylation sites is 1. The molecule has 1 aliphatic heterocycles. The minimum absolute atomic E-state index is 0.619. The summed E-state index contributed by atoms with van der Waals surface area (Å²) < 4.78 is 1.96. The van der Waals surface area contributed by atoms with Gasteiger partial charge in [0.05, 0.1) is 12.2 Å². The first-order valence-electron chi connectivity index (χ1n) is 4.63. The third-order valence-electron chi connectivity index (χ3n) is 2.43. The number of nitrogens with one attached hydrogen (secondary N) is 1. The summed E-state index contributed by atoms with van der Waals surface area (Å²) in [7, 11) is 0. The van der Waals surface area contributed by atoms with Crippen molar-refractivity contribution in [3.05, 3.63) is 42.0 Å². The van der Waals surface area contributed by atoms with E-state index in [4.69, 9.17) is 12.2 Å². The van der Waals surface area contributed by atoms with E-state index >= 15 is 0 Å². The highest BCUT2D eigenvalue weighted by molar-refractivity contribution is 7.80. The second kappa shape index (κ2) is 3.13. The molecule has 0 bridgehead atoms. The van der Waals surface area contributed by atoms with Crippen molar-refractivity contribution >= 4 is 17.2 Å². The maximum absolute atomic E-state index is 5.29. The van der Waals surface area contributed by atoms with E-state index in [0.717, 1.165) is 22.1 Å². The molecule has 1 aliphatic rings. The van der Waals surface area contributed by atoms with E-state index in [-0.39, 0.29) is 0 Å². The number of hydrogen-bond acceptors (Lipinski definition) is 3. The Morgan fingerprint density at radius 3 is 3.13 bits per heavy atom. The molecule has 0 fully saturated rings. The summed E-state index contributed by atoms with van der Waals surface area (Å²) in [5, 5.41) is 11.1. The molecule has 2 aromatic rings. The second-order valence-corrected chi connectivity index (χ2v) is 3.73. The Kier molecular flexibility index (Phi) is 1.78. The number of fused-ring (bicyclic) bond motifs is 3. The van der Waals surface area contributed by atoms with Crippen LogP contribution in [0.15, 0.2) is 30.6 Å². The van der Waals surface area contributed by atoms with E-state index in [1.807, 2.05) is 28.8 Å². The molecular weight excluding hydrogens is 208 g/mol. The molecule has 0 unspecified atom stereocenters. The van der Waals surface area contributed by atoms with Crippen molar-refractivity contribution < 1.29 is 0 Å². The van der Waals surface area contributed by atoms with Gasteiger partial charge in [0.2, 0.25) is 0 Å². The topological polar surface area (TPSA) is 42.7 Å². The maximum Gasteiger partial charge on any atom is 0.156 e. The summed E-state index contributed by atoms with van der Waals surface area (Å²) in [6.45, 7) is 0.619. The van der Waals surface area contributed by atoms with Crippen LogP contribution in [0.3, 0.4) is 0 Å². The molecule has 2 heterocycles. The number of thiocarbonyl (C=S) groups is 1. The highest BCUT2D eigenvalue weighted by Gasteiger charge is 2.16. The van der Waals surface area contributed by atoms with Gasteiger partial charge in [-0.15, -0.1) is 10.2 Å². The van der Waals surface area contributed by atoms with Gasteiger partial charge in [-0.1, -0.05) is 24.4 Å². The van der Waals surface area contributed by atoms with Gasteiger partial charge in [-0.3, -0.25) is 4.57 Å². The molecule has 0 saturated carbocycles. The van der Waals surface area contributed by atoms with E-state index in [9.17, 15) is 0 Å². The van der Waals surface area contributed by atoms with Gasteiger partial charge >= 0.3 is 0 Å². The zero-order valence-electron chi connectivity index (χ0n) is 7.84. The Bertz CT molecular complexity index is 532. The van der Waals surface area contributed by atoms with Crippen LogP contribution in [-0.4, -0.2) is 19.8 Å². The van der Waals surface area contributed by atoms with Crippen molar-refractivity contribution in [1.29, 1.82) is 0 Å². The fourth-order valence-corrected chi connectivity index (χ4v) is 1.96. The molecule has 1 aromatic carbocycles. The van der Waals surface area contributed by atoms with E-state index in [1.54, 1.807) is 6.33 Å². The van der Waals surface area contributed by atoms with Gasteiger partial charge in [-0.2, -0.15) is 0 Å². The average molecular weight is 216 g/mol. The van der Waals surface area contributed by atoms with Crippen LogP contribution in [-0.2, 0) is 6.54 Å². The SMILES string of the molecule is S=C1NCc2nncn2-c2ccccc21. The molecule has 3 rings (SSSR count). The molecule has 1 N–H and O–H groups in total. The molecule has 4 nitrogen and oxygen atoms in total. The maximum atomic E-state index is 5.29. The molecule has 0 saturated heterocycles. The smallest absolute Gasteiger partial charge is 0.156 e. The largest absolute Gasteiger partial charge is 0.368 e. The second-order valence-electron chi connectivity index (χ2n) is 3.32. The lowest BCUT2D eigenvalue weighted by Crippen LogP contribution is -2.20. The Hall–Kier alpha value is -1.75. The van der Waals surface area contributed by atoms with Gasteiger partial charge in [-0.05, 0) is 12.1 Å². The summed E-state index contributed by atoms with van der Waals surface area (Å²) in [6.07, 6.45) is 1.71. The van der Waals surface area contributed by atoms with Crippen LogP contribution in [0.25, 0.3) is 5.69 Å². The van der Waals surface area contributed by atoms with E-state index in [1.165, 1.54) is 0 Å². The van der Waals surface area contributed by atoms with Crippen LogP contribution in [0.2, 0.25) is 0 Å². The molecule has 0 spiro atoms. The fourth-order valence-electron chi connectivity index (χ4n) is 1.71. The van der Waals surface area contributed by atoms with Crippen LogP contribution in [0.5, 0.6) is 0 Å². The lowest BCUT2D eigenvalue weighted by atomic mass is 10.2. The first-order chi connectivity index (χ1) is 7.36. The zero-order valence-corrected chi connectivity index (χ0v) is 8.66. The predicted molar refractivity (Wildman–Crippen MR) is 59.9 cm³/mol. The summed E-state index contributed by atoms with van der Waals surface area (Å²) in [5.74, 6) is 0.877. The summed E-state index contributed by atoms with van der Waals surface area (Å²) >= 11 is 5.29. The number of hydrogen-bond donors (Lipinski definition) is 1. The van der Waals surface area contributed by atoms with Crippen molar-refractivity contribution in [2.75, 3.05) is 0 Å². The lowest BCUT2D eigenvalue weighted by Gasteiger charge is -2.06. The summed E-state index contributed by atoms with van der Waals surface area (Å²) in [5.41, 5.74) is 2.05. The van der Waals surface area contributed by atoms with Crippen LogP contribution >= 0.6 is 12.2 Å². The van der Waals surface area contributed by atoms with Crippen molar-refractivity contribution in [3.8, 4) is 5.69 Å². The standard InChI is InChI=1S/C10H8N4S/c15-10-7-3-1-2-4-8(7)14-6-12-13-9(14)5-11-10/h1-4,6H,5H2,(H,11,15). The predicted octanol–water partition coefficient (Wildman–Crippen LogP) is 1.05. The zero-order chi connectivity index (χ0) is 10.3. The monoisotopic (exact) mass is 216 g/mol. The highest BCUT2D eigenvalue weighted by atomic mass is 32.1. The molecular formula is C10H8N4S. The molecule has 0 atom stereocenters. The van der Waals surface area contributed by atoms with E-state index in [2.05, 4.69) is 15.5 Å². The molecule has 5 heteroatoms. The Balaban J connectivity index is 2.32. The number of rotatable bonds is 0. The molecule has 0 amide bonds. The third-order valence-corrected chi connectivity index (χ3v) is 2.80. The minimum Gasteiger partial charge on any atom is -0.368 e. The highest BCUT2D eigenvalue weighted by Crippen LogP contribution is 2.18. The van der Waals surface area contributed by atoms with E-state index < -0.39 is 0 Å². The summed E-state index contributed by atoms with van der Waals surface area (Å²) in [6, 6.07) is 7.97. The third kappa shape index (κ3) is 1.24. The van der Waals surface area contributed by atoms with E-state index in [0.29, 0.717) is 6.54 Å². The normalized spacial score (nSPS) is 13.7. The Labute approximate surface area is 91.9 Å². The molecule has 0 radical (unpaired) electrons. The quantitative estimate of drug-likeness (QED) is 0.668. The first-order valence-corrected chi connectivity index (χ1v) is 5.03. The van der Waals surface area contributed by atoms with Crippen LogP contribution in [0, 0.1) is 0 Å². The number of aromatic nitrogens is 3. The molecule has 1 aromatic heterocycles. The van der Waals surface area contributed by atoms with Gasteiger partial charge in [0, 0.05) is 5.56 Å². The van der Waals surface area contributed by atoms with Gasteiger partial charge < -0.3 is 5.32 Å². The van der Waals surface area contributed by atoms with Crippen LogP contribution in [0.4, 0.5) is 0 Å². The van der Waals surface area contributed by atoms with Crippen molar-refractivity contribution in [1.82, 2.24) is 20.1 Å². The Morgan fingerprint density at radius 1 is 1.33 bits per heavy atom. The van der Waals surface area contributed by atoms with Gasteiger partial charge in [0.25, 0.3) is 0 Å². The fraction of sp³-hybridized carbons (Fsp3) is 0.100.